The smallest absolute Gasteiger partial charge is 0.290 e. The number of amides is 1. The molecule has 1 rings (SSSR count). The maximum absolute atomic E-state index is 11.1. The van der Waals surface area contributed by atoms with E-state index in [4.69, 9.17) is 5.26 Å². The summed E-state index contributed by atoms with van der Waals surface area (Å²) in [5, 5.41) is 13.9. The molecule has 5 heteroatoms. The van der Waals surface area contributed by atoms with Gasteiger partial charge < -0.3 is 9.84 Å². The fraction of sp³-hybridized carbons (Fsp3) is 0.286. The average Bonchev–Trinajstić information content (AvgIpc) is 2.47. The summed E-state index contributed by atoms with van der Waals surface area (Å²) >= 11 is 0. The number of hydrogen-bond acceptors (Lipinski definition) is 4. The normalized spacial score (nSPS) is 9.00. The van der Waals surface area contributed by atoms with Gasteiger partial charge in [0.2, 0.25) is 5.76 Å². The van der Waals surface area contributed by atoms with E-state index in [1.54, 1.807) is 13.0 Å². The van der Waals surface area contributed by atoms with E-state index in [-0.39, 0.29) is 12.3 Å². The number of nitrogens with zero attached hydrogens (tertiary/aromatic N) is 2. The molecule has 0 aromatic carbocycles. The fourth-order valence-electron chi connectivity index (χ4n) is 0.709. The van der Waals surface area contributed by atoms with Crippen molar-refractivity contribution in [2.24, 2.45) is 0 Å². The van der Waals surface area contributed by atoms with Crippen molar-refractivity contribution in [3.63, 3.8) is 0 Å². The second-order valence-electron chi connectivity index (χ2n) is 2.18. The van der Waals surface area contributed by atoms with Crippen molar-refractivity contribution in [2.75, 3.05) is 6.54 Å². The molecule has 5 nitrogen and oxygen atoms in total. The number of aryl methyl sites for hydroxylation is 1. The van der Waals surface area contributed by atoms with Crippen LogP contribution in [0.4, 0.5) is 0 Å². The Morgan fingerprint density at radius 3 is 3.17 bits per heavy atom. The van der Waals surface area contributed by atoms with E-state index in [1.807, 2.05) is 0 Å². The molecule has 0 saturated carbocycles. The molecular weight excluding hydrogens is 158 g/mol. The Balaban J connectivity index is 2.67. The number of aromatic nitrogens is 1. The third-order valence-electron chi connectivity index (χ3n) is 1.28. The molecule has 0 fully saturated rings. The van der Waals surface area contributed by atoms with Crippen LogP contribution in [0.1, 0.15) is 16.1 Å². The summed E-state index contributed by atoms with van der Waals surface area (Å²) in [6.07, 6.45) is 1.45. The summed E-state index contributed by atoms with van der Waals surface area (Å²) in [5.41, 5.74) is 0.658. The summed E-state index contributed by atoms with van der Waals surface area (Å²) in [4.78, 5) is 11.1. The minimum absolute atomic E-state index is 0.0288. The van der Waals surface area contributed by atoms with Gasteiger partial charge in [0, 0.05) is 5.56 Å². The highest BCUT2D eigenvalue weighted by atomic mass is 16.5. The maximum atomic E-state index is 11.1. The Hall–Kier alpha value is -1.83. The van der Waals surface area contributed by atoms with Crippen molar-refractivity contribution in [1.82, 2.24) is 10.5 Å². The van der Waals surface area contributed by atoms with Crippen molar-refractivity contribution < 1.29 is 9.32 Å². The highest BCUT2D eigenvalue weighted by Crippen LogP contribution is 2.04. The Kier molecular flexibility index (Phi) is 2.43. The van der Waals surface area contributed by atoms with Gasteiger partial charge in [0.1, 0.15) is 6.54 Å². The van der Waals surface area contributed by atoms with Crippen molar-refractivity contribution in [3.8, 4) is 6.07 Å². The van der Waals surface area contributed by atoms with Gasteiger partial charge in [-0.25, -0.2) is 0 Å². The zero-order valence-electron chi connectivity index (χ0n) is 6.50. The van der Waals surface area contributed by atoms with Crippen LogP contribution in [0.15, 0.2) is 10.7 Å². The maximum Gasteiger partial charge on any atom is 0.290 e. The topological polar surface area (TPSA) is 78.9 Å². The lowest BCUT2D eigenvalue weighted by molar-refractivity contribution is 0.0921. The monoisotopic (exact) mass is 165 g/mol. The minimum atomic E-state index is -0.411. The van der Waals surface area contributed by atoms with Crippen LogP contribution in [-0.2, 0) is 0 Å². The first-order valence-corrected chi connectivity index (χ1v) is 3.32. The number of carbonyl (C=O) groups is 1. The molecule has 0 saturated heterocycles. The highest BCUT2D eigenvalue weighted by Gasteiger charge is 2.12. The minimum Gasteiger partial charge on any atom is -0.351 e. The first kappa shape index (κ1) is 8.27. The largest absolute Gasteiger partial charge is 0.351 e. The summed E-state index contributed by atoms with van der Waals surface area (Å²) in [5.74, 6) is -0.253. The van der Waals surface area contributed by atoms with Crippen molar-refractivity contribution >= 4 is 5.91 Å². The SMILES string of the molecule is Cc1cnoc1C(=O)NCC#N. The molecule has 12 heavy (non-hydrogen) atoms. The van der Waals surface area contributed by atoms with E-state index in [0.29, 0.717) is 5.56 Å². The predicted molar refractivity (Wildman–Crippen MR) is 39.2 cm³/mol. The van der Waals surface area contributed by atoms with Crippen molar-refractivity contribution in [2.45, 2.75) is 6.92 Å². The molecule has 0 radical (unpaired) electrons. The van der Waals surface area contributed by atoms with Gasteiger partial charge in [-0.2, -0.15) is 5.26 Å². The number of nitriles is 1. The summed E-state index contributed by atoms with van der Waals surface area (Å²) in [6, 6.07) is 1.79. The average molecular weight is 165 g/mol. The molecule has 0 aliphatic heterocycles. The molecule has 0 aliphatic carbocycles. The van der Waals surface area contributed by atoms with Crippen LogP contribution in [0, 0.1) is 18.3 Å². The van der Waals surface area contributed by atoms with Crippen molar-refractivity contribution in [1.29, 1.82) is 5.26 Å². The molecule has 62 valence electrons. The molecule has 0 aliphatic rings. The Morgan fingerprint density at radius 1 is 1.92 bits per heavy atom. The van der Waals surface area contributed by atoms with Crippen LogP contribution < -0.4 is 5.32 Å². The van der Waals surface area contributed by atoms with E-state index >= 15 is 0 Å². The first-order chi connectivity index (χ1) is 5.75. The lowest BCUT2D eigenvalue weighted by atomic mass is 10.3. The summed E-state index contributed by atoms with van der Waals surface area (Å²) in [7, 11) is 0. The van der Waals surface area contributed by atoms with Crippen LogP contribution in [0.25, 0.3) is 0 Å². The zero-order valence-corrected chi connectivity index (χ0v) is 6.50. The first-order valence-electron chi connectivity index (χ1n) is 3.32. The van der Waals surface area contributed by atoms with Crippen molar-refractivity contribution in [3.05, 3.63) is 17.5 Å². The number of nitrogens with one attached hydrogen (secondary N) is 1. The zero-order chi connectivity index (χ0) is 8.97. The van der Waals surface area contributed by atoms with E-state index in [1.165, 1.54) is 6.20 Å². The van der Waals surface area contributed by atoms with Crippen LogP contribution in [0.2, 0.25) is 0 Å². The van der Waals surface area contributed by atoms with Crippen LogP contribution >= 0.6 is 0 Å². The lowest BCUT2D eigenvalue weighted by Crippen LogP contribution is -2.23. The standard InChI is InChI=1S/C7H7N3O2/c1-5-4-10-12-6(5)7(11)9-3-2-8/h4H,3H2,1H3,(H,9,11). The third kappa shape index (κ3) is 1.61. The predicted octanol–water partition coefficient (Wildman–Crippen LogP) is 0.236. The molecule has 1 N–H and O–H groups in total. The van der Waals surface area contributed by atoms with Gasteiger partial charge >= 0.3 is 0 Å². The van der Waals surface area contributed by atoms with E-state index in [9.17, 15) is 4.79 Å². The van der Waals surface area contributed by atoms with E-state index < -0.39 is 5.91 Å². The second kappa shape index (κ2) is 3.53. The van der Waals surface area contributed by atoms with Gasteiger partial charge in [0.15, 0.2) is 0 Å². The molecule has 0 atom stereocenters. The number of carbonyl (C=O) groups excluding carboxylic acids is 1. The van der Waals surface area contributed by atoms with Gasteiger partial charge in [-0.1, -0.05) is 5.16 Å². The van der Waals surface area contributed by atoms with Crippen LogP contribution in [0.5, 0.6) is 0 Å². The Morgan fingerprint density at radius 2 is 2.67 bits per heavy atom. The van der Waals surface area contributed by atoms with E-state index in [2.05, 4.69) is 15.0 Å². The molecular formula is C7H7N3O2. The molecule has 0 unspecified atom stereocenters. The van der Waals surface area contributed by atoms with Gasteiger partial charge in [0.25, 0.3) is 5.91 Å². The van der Waals surface area contributed by atoms with Crippen LogP contribution in [0.3, 0.4) is 0 Å². The fourth-order valence-corrected chi connectivity index (χ4v) is 0.709. The lowest BCUT2D eigenvalue weighted by Gasteiger charge is -1.95. The molecule has 1 aromatic heterocycles. The molecule has 1 amide bonds. The molecule has 0 bridgehead atoms. The highest BCUT2D eigenvalue weighted by molar-refractivity contribution is 5.92. The second-order valence-corrected chi connectivity index (χ2v) is 2.18. The number of hydrogen-bond donors (Lipinski definition) is 1. The third-order valence-corrected chi connectivity index (χ3v) is 1.28. The Labute approximate surface area is 69.0 Å². The summed E-state index contributed by atoms with van der Waals surface area (Å²) < 4.78 is 4.65. The van der Waals surface area contributed by atoms with Gasteiger partial charge in [-0.15, -0.1) is 0 Å². The molecule has 1 aromatic rings. The summed E-state index contributed by atoms with van der Waals surface area (Å²) in [6.45, 7) is 1.68. The number of rotatable bonds is 2. The van der Waals surface area contributed by atoms with Crippen LogP contribution in [-0.4, -0.2) is 17.6 Å². The van der Waals surface area contributed by atoms with Gasteiger partial charge in [-0.05, 0) is 6.92 Å². The molecule has 0 spiro atoms. The molecule has 1 heterocycles. The van der Waals surface area contributed by atoms with E-state index in [0.717, 1.165) is 0 Å². The Bertz CT molecular complexity index is 324. The quantitative estimate of drug-likeness (QED) is 0.636. The van der Waals surface area contributed by atoms with Gasteiger partial charge in [-0.3, -0.25) is 4.79 Å². The van der Waals surface area contributed by atoms with Gasteiger partial charge in [0.05, 0.1) is 12.3 Å².